The van der Waals surface area contributed by atoms with Crippen molar-refractivity contribution in [3.63, 3.8) is 0 Å². The summed E-state index contributed by atoms with van der Waals surface area (Å²) < 4.78 is 11.8. The summed E-state index contributed by atoms with van der Waals surface area (Å²) in [6.45, 7) is 15.5. The molecule has 1 aromatic heterocycles. The Morgan fingerprint density at radius 2 is 2.19 bits per heavy atom. The van der Waals surface area contributed by atoms with Crippen LogP contribution in [0.2, 0.25) is 0 Å². The van der Waals surface area contributed by atoms with Crippen LogP contribution < -0.4 is 5.32 Å². The van der Waals surface area contributed by atoms with E-state index in [4.69, 9.17) is 9.15 Å². The molecule has 4 heteroatoms. The van der Waals surface area contributed by atoms with Crippen LogP contribution >= 0.6 is 0 Å². The maximum Gasteiger partial charge on any atom is 0.118 e. The maximum atomic E-state index is 5.97. The molecule has 1 fully saturated rings. The molecule has 0 radical (unpaired) electrons. The summed E-state index contributed by atoms with van der Waals surface area (Å²) in [7, 11) is 0. The van der Waals surface area contributed by atoms with E-state index in [1.165, 1.54) is 5.56 Å². The molecule has 1 aromatic rings. The molecule has 0 saturated carbocycles. The monoisotopic (exact) mass is 294 g/mol. The lowest BCUT2D eigenvalue weighted by atomic mass is 10.0. The Kier molecular flexibility index (Phi) is 5.47. The Hall–Kier alpha value is -0.840. The first-order valence-electron chi connectivity index (χ1n) is 8.08. The molecular formula is C17H30N2O2. The van der Waals surface area contributed by atoms with Crippen LogP contribution in [0.4, 0.5) is 0 Å². The highest BCUT2D eigenvalue weighted by Gasteiger charge is 2.31. The number of hydrogen-bond donors (Lipinski definition) is 1. The number of nitrogens with one attached hydrogen (secondary N) is 1. The number of rotatable bonds is 6. The summed E-state index contributed by atoms with van der Waals surface area (Å²) in [4.78, 5) is 2.47. The van der Waals surface area contributed by atoms with Gasteiger partial charge in [0.25, 0.3) is 0 Å². The van der Waals surface area contributed by atoms with Gasteiger partial charge in [-0.25, -0.2) is 0 Å². The van der Waals surface area contributed by atoms with Gasteiger partial charge in [0, 0.05) is 25.2 Å². The van der Waals surface area contributed by atoms with E-state index in [1.54, 1.807) is 0 Å². The molecule has 0 aromatic carbocycles. The first kappa shape index (κ1) is 16.5. The third-order valence-corrected chi connectivity index (χ3v) is 3.83. The molecule has 2 rings (SSSR count). The van der Waals surface area contributed by atoms with Crippen LogP contribution in [0.25, 0.3) is 0 Å². The van der Waals surface area contributed by atoms with Gasteiger partial charge in [-0.15, -0.1) is 0 Å². The average molecular weight is 294 g/mol. The standard InChI is InChI=1S/C17H30N2O2/c1-6-7-18-9-16-8-15(14(3)20-16)11-19-10-13(2)21-17(4,5)12-19/h8,13,18H,6-7,9-12H2,1-5H3. The second-order valence-electron chi connectivity index (χ2n) is 6.83. The fourth-order valence-corrected chi connectivity index (χ4v) is 3.17. The summed E-state index contributed by atoms with van der Waals surface area (Å²) in [5, 5.41) is 3.39. The second kappa shape index (κ2) is 6.95. The highest BCUT2D eigenvalue weighted by atomic mass is 16.5. The predicted molar refractivity (Wildman–Crippen MR) is 85.3 cm³/mol. The van der Waals surface area contributed by atoms with Crippen LogP contribution in [-0.2, 0) is 17.8 Å². The Bertz CT molecular complexity index is 454. The summed E-state index contributed by atoms with van der Waals surface area (Å²) in [5.41, 5.74) is 1.23. The summed E-state index contributed by atoms with van der Waals surface area (Å²) in [6, 6.07) is 2.20. The lowest BCUT2D eigenvalue weighted by Gasteiger charge is -2.41. The van der Waals surface area contributed by atoms with E-state index in [0.29, 0.717) is 0 Å². The van der Waals surface area contributed by atoms with Crippen LogP contribution in [0.5, 0.6) is 0 Å². The predicted octanol–water partition coefficient (Wildman–Crippen LogP) is 3.09. The lowest BCUT2D eigenvalue weighted by molar-refractivity contribution is -0.130. The number of hydrogen-bond acceptors (Lipinski definition) is 4. The highest BCUT2D eigenvalue weighted by molar-refractivity contribution is 5.21. The molecule has 0 bridgehead atoms. The van der Waals surface area contributed by atoms with Gasteiger partial charge in [-0.05, 0) is 46.7 Å². The van der Waals surface area contributed by atoms with Crippen molar-refractivity contribution in [1.29, 1.82) is 0 Å². The van der Waals surface area contributed by atoms with E-state index >= 15 is 0 Å². The Balaban J connectivity index is 1.96. The number of aryl methyl sites for hydroxylation is 1. The van der Waals surface area contributed by atoms with E-state index in [9.17, 15) is 0 Å². The zero-order chi connectivity index (χ0) is 15.5. The summed E-state index contributed by atoms with van der Waals surface area (Å²) >= 11 is 0. The van der Waals surface area contributed by atoms with Gasteiger partial charge in [0.05, 0.1) is 18.2 Å². The van der Waals surface area contributed by atoms with Crippen molar-refractivity contribution in [2.45, 2.75) is 65.8 Å². The first-order valence-corrected chi connectivity index (χ1v) is 8.08. The average Bonchev–Trinajstić information content (AvgIpc) is 2.67. The van der Waals surface area contributed by atoms with Crippen molar-refractivity contribution in [2.75, 3.05) is 19.6 Å². The third-order valence-electron chi connectivity index (χ3n) is 3.83. The molecular weight excluding hydrogens is 264 g/mol. The molecule has 2 heterocycles. The third kappa shape index (κ3) is 4.83. The second-order valence-corrected chi connectivity index (χ2v) is 6.83. The van der Waals surface area contributed by atoms with Gasteiger partial charge in [-0.1, -0.05) is 6.92 Å². The van der Waals surface area contributed by atoms with Crippen molar-refractivity contribution in [3.8, 4) is 0 Å². The van der Waals surface area contributed by atoms with Gasteiger partial charge in [-0.3, -0.25) is 4.90 Å². The largest absolute Gasteiger partial charge is 0.465 e. The SMILES string of the molecule is CCCNCc1cc(CN2CC(C)OC(C)(C)C2)c(C)o1. The van der Waals surface area contributed by atoms with Gasteiger partial charge in [0.2, 0.25) is 0 Å². The molecule has 1 saturated heterocycles. The van der Waals surface area contributed by atoms with Gasteiger partial charge in [-0.2, -0.15) is 0 Å². The molecule has 1 unspecified atom stereocenters. The highest BCUT2D eigenvalue weighted by Crippen LogP contribution is 2.24. The van der Waals surface area contributed by atoms with Crippen molar-refractivity contribution >= 4 is 0 Å². The molecule has 0 spiro atoms. The van der Waals surface area contributed by atoms with Crippen LogP contribution in [0.3, 0.4) is 0 Å². The topological polar surface area (TPSA) is 37.6 Å². The Morgan fingerprint density at radius 3 is 2.86 bits per heavy atom. The molecule has 1 N–H and O–H groups in total. The summed E-state index contributed by atoms with van der Waals surface area (Å²) in [5.74, 6) is 2.08. The quantitative estimate of drug-likeness (QED) is 0.818. The molecule has 1 aliphatic heterocycles. The van der Waals surface area contributed by atoms with Crippen molar-refractivity contribution in [2.24, 2.45) is 0 Å². The normalized spacial score (nSPS) is 22.6. The van der Waals surface area contributed by atoms with E-state index in [1.807, 2.05) is 0 Å². The minimum Gasteiger partial charge on any atom is -0.465 e. The molecule has 0 aliphatic carbocycles. The van der Waals surface area contributed by atoms with Gasteiger partial charge in [0.15, 0.2) is 0 Å². The Labute approximate surface area is 128 Å². The number of nitrogens with zero attached hydrogens (tertiary/aromatic N) is 1. The zero-order valence-corrected chi connectivity index (χ0v) is 14.2. The molecule has 4 nitrogen and oxygen atoms in total. The lowest BCUT2D eigenvalue weighted by Crippen LogP contribution is -2.51. The van der Waals surface area contributed by atoms with E-state index in [-0.39, 0.29) is 11.7 Å². The number of ether oxygens (including phenoxy) is 1. The minimum absolute atomic E-state index is 0.0686. The summed E-state index contributed by atoms with van der Waals surface area (Å²) in [6.07, 6.45) is 1.43. The molecule has 1 atom stereocenters. The van der Waals surface area contributed by atoms with Crippen LogP contribution in [0.1, 0.15) is 51.2 Å². The van der Waals surface area contributed by atoms with Gasteiger partial charge >= 0.3 is 0 Å². The first-order chi connectivity index (χ1) is 9.89. The minimum atomic E-state index is -0.0686. The molecule has 120 valence electrons. The van der Waals surface area contributed by atoms with Crippen LogP contribution in [-0.4, -0.2) is 36.2 Å². The maximum absolute atomic E-state index is 5.97. The van der Waals surface area contributed by atoms with Gasteiger partial charge < -0.3 is 14.5 Å². The fraction of sp³-hybridized carbons (Fsp3) is 0.765. The van der Waals surface area contributed by atoms with Crippen molar-refractivity contribution < 1.29 is 9.15 Å². The molecule has 0 amide bonds. The zero-order valence-electron chi connectivity index (χ0n) is 14.2. The van der Waals surface area contributed by atoms with E-state index in [2.05, 4.69) is 50.9 Å². The molecule has 21 heavy (non-hydrogen) atoms. The fourth-order valence-electron chi connectivity index (χ4n) is 3.17. The van der Waals surface area contributed by atoms with Gasteiger partial charge in [0.1, 0.15) is 11.5 Å². The van der Waals surface area contributed by atoms with E-state index < -0.39 is 0 Å². The van der Waals surface area contributed by atoms with Crippen LogP contribution in [0, 0.1) is 6.92 Å². The number of furan rings is 1. The van der Waals surface area contributed by atoms with Crippen molar-refractivity contribution in [1.82, 2.24) is 10.2 Å². The smallest absolute Gasteiger partial charge is 0.118 e. The molecule has 1 aliphatic rings. The number of morpholine rings is 1. The Morgan fingerprint density at radius 1 is 1.43 bits per heavy atom. The van der Waals surface area contributed by atoms with E-state index in [0.717, 1.165) is 50.7 Å². The van der Waals surface area contributed by atoms with Crippen LogP contribution in [0.15, 0.2) is 10.5 Å². The van der Waals surface area contributed by atoms with Crippen molar-refractivity contribution in [3.05, 3.63) is 23.2 Å².